The summed E-state index contributed by atoms with van der Waals surface area (Å²) in [6.45, 7) is 3.61. The van der Waals surface area contributed by atoms with Crippen LogP contribution in [0.2, 0.25) is 0 Å². The fourth-order valence-corrected chi connectivity index (χ4v) is 2.56. The summed E-state index contributed by atoms with van der Waals surface area (Å²) in [7, 11) is 2.03. The average Bonchev–Trinajstić information content (AvgIpc) is 2.78. The lowest BCUT2D eigenvalue weighted by Gasteiger charge is -1.97. The van der Waals surface area contributed by atoms with Crippen LogP contribution >= 0.6 is 0 Å². The molecule has 2 aromatic heterocycles. The summed E-state index contributed by atoms with van der Waals surface area (Å²) in [6, 6.07) is 10.2. The predicted octanol–water partition coefficient (Wildman–Crippen LogP) is 2.94. The van der Waals surface area contributed by atoms with Crippen LogP contribution in [0.4, 0.5) is 0 Å². The van der Waals surface area contributed by atoms with Gasteiger partial charge in [-0.05, 0) is 32.0 Å². The van der Waals surface area contributed by atoms with Gasteiger partial charge in [0, 0.05) is 18.3 Å². The first-order valence-corrected chi connectivity index (χ1v) is 5.67. The number of fused-ring (bicyclic) bond motifs is 3. The summed E-state index contributed by atoms with van der Waals surface area (Å²) >= 11 is 0. The van der Waals surface area contributed by atoms with Crippen LogP contribution in [0.1, 0.15) is 23.0 Å². The van der Waals surface area contributed by atoms with Crippen molar-refractivity contribution in [1.82, 2.24) is 8.97 Å². The Hall–Kier alpha value is -2.03. The first kappa shape index (κ1) is 10.1. The van der Waals surface area contributed by atoms with Crippen LogP contribution in [0.15, 0.2) is 30.3 Å². The number of ketones is 1. The Bertz CT molecular complexity index is 746. The van der Waals surface area contributed by atoms with Crippen LogP contribution < -0.4 is 0 Å². The van der Waals surface area contributed by atoms with Crippen LogP contribution in [-0.2, 0) is 7.05 Å². The van der Waals surface area contributed by atoms with E-state index in [1.165, 1.54) is 5.52 Å². The van der Waals surface area contributed by atoms with E-state index in [0.717, 1.165) is 22.4 Å². The van der Waals surface area contributed by atoms with Gasteiger partial charge < -0.3 is 4.57 Å². The molecule has 3 aromatic rings. The lowest BCUT2D eigenvalue weighted by Crippen LogP contribution is -1.94. The van der Waals surface area contributed by atoms with Crippen molar-refractivity contribution < 1.29 is 4.79 Å². The summed E-state index contributed by atoms with van der Waals surface area (Å²) in [6.07, 6.45) is 0. The lowest BCUT2D eigenvalue weighted by atomic mass is 10.2. The van der Waals surface area contributed by atoms with Gasteiger partial charge in [-0.25, -0.2) is 0 Å². The molecule has 0 fully saturated rings. The topological polar surface area (TPSA) is 26.4 Å². The van der Waals surface area contributed by atoms with E-state index in [-0.39, 0.29) is 5.78 Å². The highest BCUT2D eigenvalue weighted by Crippen LogP contribution is 2.25. The molecule has 0 aliphatic carbocycles. The standard InChI is InChI=1S/C14H14N2O/c1-9-11(10(2)17)8-14-15(3)12-6-4-5-7-13(12)16(9)14/h4-8H,1-3H3. The zero-order valence-electron chi connectivity index (χ0n) is 10.2. The molecule has 0 saturated carbocycles. The smallest absolute Gasteiger partial charge is 0.161 e. The summed E-state index contributed by atoms with van der Waals surface area (Å²) in [5.41, 5.74) is 5.22. The minimum Gasteiger partial charge on any atom is -0.329 e. The van der Waals surface area contributed by atoms with Gasteiger partial charge in [0.2, 0.25) is 0 Å². The Morgan fingerprint density at radius 2 is 1.82 bits per heavy atom. The zero-order valence-corrected chi connectivity index (χ0v) is 10.2. The number of nitrogens with zero attached hydrogens (tertiary/aromatic N) is 2. The highest BCUT2D eigenvalue weighted by molar-refractivity contribution is 5.98. The maximum atomic E-state index is 11.6. The number of hydrogen-bond acceptors (Lipinski definition) is 1. The molecule has 3 rings (SSSR count). The first-order valence-electron chi connectivity index (χ1n) is 5.67. The lowest BCUT2D eigenvalue weighted by molar-refractivity contribution is 0.101. The van der Waals surface area contributed by atoms with E-state index < -0.39 is 0 Å². The number of hydrogen-bond donors (Lipinski definition) is 0. The van der Waals surface area contributed by atoms with Crippen molar-refractivity contribution in [2.75, 3.05) is 0 Å². The van der Waals surface area contributed by atoms with Crippen molar-refractivity contribution in [2.24, 2.45) is 7.05 Å². The van der Waals surface area contributed by atoms with Gasteiger partial charge >= 0.3 is 0 Å². The highest BCUT2D eigenvalue weighted by Gasteiger charge is 2.15. The van der Waals surface area contributed by atoms with Crippen molar-refractivity contribution in [3.05, 3.63) is 41.6 Å². The maximum Gasteiger partial charge on any atom is 0.161 e. The molecule has 0 unspecified atom stereocenters. The van der Waals surface area contributed by atoms with E-state index in [1.54, 1.807) is 6.92 Å². The van der Waals surface area contributed by atoms with Gasteiger partial charge in [-0.3, -0.25) is 9.20 Å². The second-order valence-electron chi connectivity index (χ2n) is 4.44. The molecule has 0 N–H and O–H groups in total. The number of Topliss-reactive ketones (excluding diaryl/α,β-unsaturated/α-hetero) is 1. The Morgan fingerprint density at radius 3 is 2.47 bits per heavy atom. The van der Waals surface area contributed by atoms with E-state index in [4.69, 9.17) is 0 Å². The quantitative estimate of drug-likeness (QED) is 0.586. The molecular formula is C14H14N2O. The van der Waals surface area contributed by atoms with E-state index in [9.17, 15) is 4.79 Å². The van der Waals surface area contributed by atoms with Crippen molar-refractivity contribution in [1.29, 1.82) is 0 Å². The van der Waals surface area contributed by atoms with Crippen molar-refractivity contribution >= 4 is 22.5 Å². The number of carbonyl (C=O) groups is 1. The van der Waals surface area contributed by atoms with Crippen molar-refractivity contribution in [3.8, 4) is 0 Å². The van der Waals surface area contributed by atoms with E-state index in [1.807, 2.05) is 32.2 Å². The van der Waals surface area contributed by atoms with Crippen LogP contribution in [-0.4, -0.2) is 14.8 Å². The Balaban J connectivity index is 2.56. The molecule has 3 heteroatoms. The second kappa shape index (κ2) is 3.23. The minimum absolute atomic E-state index is 0.121. The third kappa shape index (κ3) is 1.19. The molecule has 0 aliphatic heterocycles. The molecule has 0 saturated heterocycles. The van der Waals surface area contributed by atoms with Crippen molar-refractivity contribution in [2.45, 2.75) is 13.8 Å². The van der Waals surface area contributed by atoms with Gasteiger partial charge in [-0.15, -0.1) is 0 Å². The summed E-state index contributed by atoms with van der Waals surface area (Å²) < 4.78 is 4.26. The van der Waals surface area contributed by atoms with Gasteiger partial charge in [0.25, 0.3) is 0 Å². The van der Waals surface area contributed by atoms with Gasteiger partial charge in [0.05, 0.1) is 11.0 Å². The Labute approximate surface area is 99.3 Å². The van der Waals surface area contributed by atoms with Gasteiger partial charge in [-0.1, -0.05) is 12.1 Å². The Morgan fingerprint density at radius 1 is 1.18 bits per heavy atom. The monoisotopic (exact) mass is 226 g/mol. The number of para-hydroxylation sites is 2. The number of aromatic nitrogens is 2. The third-order valence-corrected chi connectivity index (χ3v) is 3.43. The van der Waals surface area contributed by atoms with Crippen LogP contribution in [0, 0.1) is 6.92 Å². The van der Waals surface area contributed by atoms with Gasteiger partial charge in [0.15, 0.2) is 5.78 Å². The van der Waals surface area contributed by atoms with E-state index in [0.29, 0.717) is 0 Å². The molecular weight excluding hydrogens is 212 g/mol. The van der Waals surface area contributed by atoms with Crippen LogP contribution in [0.25, 0.3) is 16.7 Å². The van der Waals surface area contributed by atoms with E-state index in [2.05, 4.69) is 21.1 Å². The molecule has 0 bridgehead atoms. The maximum absolute atomic E-state index is 11.6. The van der Waals surface area contributed by atoms with Gasteiger partial charge in [0.1, 0.15) is 5.65 Å². The molecule has 0 aliphatic rings. The largest absolute Gasteiger partial charge is 0.329 e. The number of benzene rings is 1. The number of carbonyl (C=O) groups excluding carboxylic acids is 1. The molecule has 17 heavy (non-hydrogen) atoms. The minimum atomic E-state index is 0.121. The normalized spacial score (nSPS) is 11.5. The highest BCUT2D eigenvalue weighted by atomic mass is 16.1. The Kier molecular flexibility index (Phi) is 1.93. The molecule has 0 amide bonds. The van der Waals surface area contributed by atoms with E-state index >= 15 is 0 Å². The number of rotatable bonds is 1. The zero-order chi connectivity index (χ0) is 12.2. The molecule has 0 radical (unpaired) electrons. The summed E-state index contributed by atoms with van der Waals surface area (Å²) in [4.78, 5) is 11.6. The van der Waals surface area contributed by atoms with Gasteiger partial charge in [-0.2, -0.15) is 0 Å². The molecule has 3 nitrogen and oxygen atoms in total. The average molecular weight is 226 g/mol. The molecule has 86 valence electrons. The summed E-state index contributed by atoms with van der Waals surface area (Å²) in [5, 5.41) is 0. The molecule has 2 heterocycles. The fourth-order valence-electron chi connectivity index (χ4n) is 2.56. The summed E-state index contributed by atoms with van der Waals surface area (Å²) in [5.74, 6) is 0.121. The van der Waals surface area contributed by atoms with Crippen LogP contribution in [0.5, 0.6) is 0 Å². The SMILES string of the molecule is CC(=O)c1cc2n(C)c3ccccc3n2c1C. The number of aryl methyl sites for hydroxylation is 2. The second-order valence-corrected chi connectivity index (χ2v) is 4.44. The molecule has 0 atom stereocenters. The third-order valence-electron chi connectivity index (χ3n) is 3.43. The first-order chi connectivity index (χ1) is 8.11. The molecule has 0 spiro atoms. The predicted molar refractivity (Wildman–Crippen MR) is 68.6 cm³/mol. The van der Waals surface area contributed by atoms with Crippen LogP contribution in [0.3, 0.4) is 0 Å². The van der Waals surface area contributed by atoms with Crippen molar-refractivity contribution in [3.63, 3.8) is 0 Å². The number of imidazole rings is 1. The molecule has 1 aromatic carbocycles. The fraction of sp³-hybridized carbons (Fsp3) is 0.214.